The predicted molar refractivity (Wildman–Crippen MR) is 107 cm³/mol. The summed E-state index contributed by atoms with van der Waals surface area (Å²) < 4.78 is 13.1. The van der Waals surface area contributed by atoms with Gasteiger partial charge in [-0.15, -0.1) is 0 Å². The summed E-state index contributed by atoms with van der Waals surface area (Å²) in [6.45, 7) is 3.75. The second-order valence-electron chi connectivity index (χ2n) is 7.89. The molecule has 1 heterocycles. The zero-order valence-corrected chi connectivity index (χ0v) is 16.2. The third-order valence-corrected chi connectivity index (χ3v) is 5.89. The lowest BCUT2D eigenvalue weighted by atomic mass is 9.89. The maximum atomic E-state index is 13.1. The average Bonchev–Trinajstić information content (AvgIpc) is 2.94. The fourth-order valence-corrected chi connectivity index (χ4v) is 4.29. The van der Waals surface area contributed by atoms with Crippen molar-refractivity contribution in [3.63, 3.8) is 0 Å². The van der Waals surface area contributed by atoms with Gasteiger partial charge in [0.15, 0.2) is 0 Å². The molecule has 1 amide bonds. The van der Waals surface area contributed by atoms with Crippen LogP contribution in [0.15, 0.2) is 36.4 Å². The molecule has 0 unspecified atom stereocenters. The molecule has 1 aliphatic heterocycles. The number of benzene rings is 2. The lowest BCUT2D eigenvalue weighted by Gasteiger charge is -2.24. The second-order valence-corrected chi connectivity index (χ2v) is 7.89. The molecule has 1 fully saturated rings. The molecule has 4 nitrogen and oxygen atoms in total. The summed E-state index contributed by atoms with van der Waals surface area (Å²) in [5, 5.41) is 10.4. The molecule has 0 radical (unpaired) electrons. The Balaban J connectivity index is 1.42. The Kier molecular flexibility index (Phi) is 5.62. The van der Waals surface area contributed by atoms with Gasteiger partial charge in [0.1, 0.15) is 11.6 Å². The van der Waals surface area contributed by atoms with Crippen molar-refractivity contribution < 1.29 is 14.3 Å². The number of hydrogen-bond donors (Lipinski definition) is 1. The van der Waals surface area contributed by atoms with Crippen molar-refractivity contribution in [2.45, 2.75) is 38.6 Å². The van der Waals surface area contributed by atoms with Crippen LogP contribution in [0.4, 0.5) is 4.39 Å². The van der Waals surface area contributed by atoms with E-state index < -0.39 is 0 Å². The number of aromatic hydroxyl groups is 1. The number of carbonyl (C=O) groups excluding carboxylic acids is 1. The quantitative estimate of drug-likeness (QED) is 0.879. The number of fused-ring (bicyclic) bond motifs is 1. The third-order valence-electron chi connectivity index (χ3n) is 5.89. The summed E-state index contributed by atoms with van der Waals surface area (Å²) in [5.74, 6) is -0.186. The van der Waals surface area contributed by atoms with Crippen LogP contribution in [-0.2, 0) is 19.4 Å². The molecule has 0 bridgehead atoms. The minimum Gasteiger partial charge on any atom is -0.507 e. The lowest BCUT2D eigenvalue weighted by molar-refractivity contribution is 0.0758. The second kappa shape index (κ2) is 8.31. The Morgan fingerprint density at radius 1 is 0.929 bits per heavy atom. The Hall–Kier alpha value is -2.40. The number of phenolic OH excluding ortho intramolecular Hbond substituents is 1. The molecular weight excluding hydrogens is 355 g/mol. The van der Waals surface area contributed by atoms with Gasteiger partial charge in [-0.3, -0.25) is 9.69 Å². The molecule has 0 saturated carbocycles. The minimum atomic E-state index is -0.221. The number of amides is 1. The molecule has 1 N–H and O–H groups in total. The van der Waals surface area contributed by atoms with Gasteiger partial charge in [-0.2, -0.15) is 0 Å². The number of rotatable bonds is 3. The van der Waals surface area contributed by atoms with Gasteiger partial charge in [0.05, 0.1) is 5.56 Å². The van der Waals surface area contributed by atoms with Gasteiger partial charge in [-0.05, 0) is 73.1 Å². The van der Waals surface area contributed by atoms with E-state index in [-0.39, 0.29) is 17.5 Å². The van der Waals surface area contributed by atoms with E-state index in [1.807, 2.05) is 23.1 Å². The van der Waals surface area contributed by atoms with Gasteiger partial charge in [-0.1, -0.05) is 12.1 Å². The molecule has 0 aromatic heterocycles. The van der Waals surface area contributed by atoms with E-state index in [0.29, 0.717) is 18.7 Å². The molecule has 0 spiro atoms. The normalized spacial score (nSPS) is 17.8. The number of nitrogens with zero attached hydrogens (tertiary/aromatic N) is 2. The number of hydrogen-bond acceptors (Lipinski definition) is 3. The topological polar surface area (TPSA) is 43.8 Å². The first kappa shape index (κ1) is 18.9. The number of carbonyl (C=O) groups is 1. The zero-order valence-electron chi connectivity index (χ0n) is 16.2. The van der Waals surface area contributed by atoms with Crippen molar-refractivity contribution in [1.82, 2.24) is 9.80 Å². The molecule has 28 heavy (non-hydrogen) atoms. The van der Waals surface area contributed by atoms with Crippen molar-refractivity contribution in [2.24, 2.45) is 0 Å². The first-order valence-corrected chi connectivity index (χ1v) is 10.2. The van der Waals surface area contributed by atoms with E-state index in [0.717, 1.165) is 57.3 Å². The first-order valence-electron chi connectivity index (χ1n) is 10.2. The SMILES string of the molecule is O=C(c1cc2c(cc1O)CCCC2)N1CCCN(Cc2ccc(F)cc2)CC1. The summed E-state index contributed by atoms with van der Waals surface area (Å²) in [5.41, 5.74) is 3.91. The lowest BCUT2D eigenvalue weighted by Crippen LogP contribution is -2.35. The van der Waals surface area contributed by atoms with Crippen molar-refractivity contribution in [1.29, 1.82) is 0 Å². The van der Waals surface area contributed by atoms with Crippen LogP contribution in [0.1, 0.15) is 46.3 Å². The maximum Gasteiger partial charge on any atom is 0.257 e. The smallest absolute Gasteiger partial charge is 0.257 e. The van der Waals surface area contributed by atoms with Crippen LogP contribution >= 0.6 is 0 Å². The highest BCUT2D eigenvalue weighted by Crippen LogP contribution is 2.29. The molecule has 2 aromatic carbocycles. The van der Waals surface area contributed by atoms with E-state index in [2.05, 4.69) is 4.90 Å². The zero-order chi connectivity index (χ0) is 19.5. The van der Waals surface area contributed by atoms with Crippen LogP contribution in [0.5, 0.6) is 5.75 Å². The van der Waals surface area contributed by atoms with Crippen molar-refractivity contribution >= 4 is 5.91 Å². The highest BCUT2D eigenvalue weighted by atomic mass is 19.1. The fourth-order valence-electron chi connectivity index (χ4n) is 4.29. The average molecular weight is 382 g/mol. The first-order chi connectivity index (χ1) is 13.6. The molecule has 148 valence electrons. The third kappa shape index (κ3) is 4.20. The van der Waals surface area contributed by atoms with Crippen LogP contribution in [0.2, 0.25) is 0 Å². The Morgan fingerprint density at radius 3 is 2.39 bits per heavy atom. The van der Waals surface area contributed by atoms with E-state index in [1.165, 1.54) is 23.3 Å². The largest absolute Gasteiger partial charge is 0.507 e. The molecule has 1 aliphatic carbocycles. The standard InChI is InChI=1S/C23H27FN2O2/c24-20-8-6-17(7-9-20)16-25-10-3-11-26(13-12-25)23(28)21-14-18-4-1-2-5-19(18)15-22(21)27/h6-9,14-15,27H,1-5,10-13,16H2. The Bertz CT molecular complexity index is 850. The Morgan fingerprint density at radius 2 is 1.64 bits per heavy atom. The molecular formula is C23H27FN2O2. The van der Waals surface area contributed by atoms with Crippen LogP contribution in [0.25, 0.3) is 0 Å². The van der Waals surface area contributed by atoms with Gasteiger partial charge in [0, 0.05) is 32.7 Å². The summed E-state index contributed by atoms with van der Waals surface area (Å²) in [6, 6.07) is 10.3. The molecule has 2 aliphatic rings. The van der Waals surface area contributed by atoms with Gasteiger partial charge >= 0.3 is 0 Å². The van der Waals surface area contributed by atoms with E-state index in [1.54, 1.807) is 6.07 Å². The summed E-state index contributed by atoms with van der Waals surface area (Å²) >= 11 is 0. The molecule has 4 rings (SSSR count). The minimum absolute atomic E-state index is 0.0745. The fraction of sp³-hybridized carbons (Fsp3) is 0.435. The van der Waals surface area contributed by atoms with Crippen LogP contribution in [0.3, 0.4) is 0 Å². The van der Waals surface area contributed by atoms with Gasteiger partial charge in [0.25, 0.3) is 5.91 Å². The monoisotopic (exact) mass is 382 g/mol. The molecule has 1 saturated heterocycles. The Labute approximate surface area is 165 Å². The summed E-state index contributed by atoms with van der Waals surface area (Å²) in [6.07, 6.45) is 5.16. The van der Waals surface area contributed by atoms with Gasteiger partial charge in [0.2, 0.25) is 0 Å². The maximum absolute atomic E-state index is 13.1. The van der Waals surface area contributed by atoms with Crippen LogP contribution in [0, 0.1) is 5.82 Å². The molecule has 2 aromatic rings. The van der Waals surface area contributed by atoms with E-state index in [4.69, 9.17) is 0 Å². The van der Waals surface area contributed by atoms with Crippen LogP contribution < -0.4 is 0 Å². The van der Waals surface area contributed by atoms with Gasteiger partial charge < -0.3 is 10.0 Å². The van der Waals surface area contributed by atoms with Crippen molar-refractivity contribution in [3.05, 3.63) is 64.5 Å². The summed E-state index contributed by atoms with van der Waals surface area (Å²) in [4.78, 5) is 17.2. The number of phenols is 1. The molecule has 0 atom stereocenters. The van der Waals surface area contributed by atoms with Gasteiger partial charge in [-0.25, -0.2) is 4.39 Å². The van der Waals surface area contributed by atoms with E-state index >= 15 is 0 Å². The molecule has 5 heteroatoms. The number of halogens is 1. The highest BCUT2D eigenvalue weighted by Gasteiger charge is 2.24. The van der Waals surface area contributed by atoms with Crippen molar-refractivity contribution in [2.75, 3.05) is 26.2 Å². The number of aryl methyl sites for hydroxylation is 2. The highest BCUT2D eigenvalue weighted by molar-refractivity contribution is 5.97. The predicted octanol–water partition coefficient (Wildman–Crippen LogP) is 3.76. The van der Waals surface area contributed by atoms with E-state index in [9.17, 15) is 14.3 Å². The van der Waals surface area contributed by atoms with Crippen LogP contribution in [-0.4, -0.2) is 47.0 Å². The summed E-state index contributed by atoms with van der Waals surface area (Å²) in [7, 11) is 0. The van der Waals surface area contributed by atoms with Crippen molar-refractivity contribution in [3.8, 4) is 5.75 Å².